The van der Waals surface area contributed by atoms with Gasteiger partial charge in [0.2, 0.25) is 0 Å². The molecule has 2 N–H and O–H groups in total. The van der Waals surface area contributed by atoms with E-state index in [0.29, 0.717) is 24.0 Å². The number of aromatic nitrogens is 2. The van der Waals surface area contributed by atoms with Crippen molar-refractivity contribution in [2.45, 2.75) is 26.4 Å². The summed E-state index contributed by atoms with van der Waals surface area (Å²) in [6, 6.07) is 3.43. The van der Waals surface area contributed by atoms with E-state index in [0.717, 1.165) is 19.6 Å². The minimum Gasteiger partial charge on any atom is -0.378 e. The van der Waals surface area contributed by atoms with E-state index in [-0.39, 0.29) is 12.0 Å². The van der Waals surface area contributed by atoms with Crippen LogP contribution in [0.5, 0.6) is 0 Å². The molecule has 2 unspecified atom stereocenters. The minimum absolute atomic E-state index is 0.186. The molecule has 0 spiro atoms. The lowest BCUT2D eigenvalue weighted by molar-refractivity contribution is 0.0902. The first-order valence-corrected chi connectivity index (χ1v) is 6.68. The molecule has 0 saturated carbocycles. The van der Waals surface area contributed by atoms with Crippen LogP contribution in [0.2, 0.25) is 0 Å². The van der Waals surface area contributed by atoms with Crippen molar-refractivity contribution in [2.24, 2.45) is 5.92 Å². The van der Waals surface area contributed by atoms with Gasteiger partial charge in [0.1, 0.15) is 5.82 Å². The van der Waals surface area contributed by atoms with Crippen molar-refractivity contribution in [1.82, 2.24) is 15.5 Å². The number of nitrogens with one attached hydrogen (secondary N) is 2. The summed E-state index contributed by atoms with van der Waals surface area (Å²) in [5.41, 5.74) is 0.341. The van der Waals surface area contributed by atoms with Gasteiger partial charge in [-0.15, -0.1) is 10.2 Å². The smallest absolute Gasteiger partial charge is 0.271 e. The Labute approximate surface area is 112 Å². The standard InChI is InChI=1S/C13H20N4O2/c1-3-14-12-5-4-11(16-17-12)13(18)15-8-10-6-7-19-9(10)2/h4-5,9-10H,3,6-8H2,1-2H3,(H,14,17)(H,15,18). The highest BCUT2D eigenvalue weighted by Crippen LogP contribution is 2.19. The van der Waals surface area contributed by atoms with E-state index in [1.807, 2.05) is 13.8 Å². The second-order valence-corrected chi connectivity index (χ2v) is 4.67. The van der Waals surface area contributed by atoms with Crippen LogP contribution in [-0.4, -0.2) is 41.9 Å². The Hall–Kier alpha value is -1.69. The number of amides is 1. The molecule has 6 nitrogen and oxygen atoms in total. The highest BCUT2D eigenvalue weighted by molar-refractivity contribution is 5.92. The van der Waals surface area contributed by atoms with Gasteiger partial charge in [-0.3, -0.25) is 4.79 Å². The summed E-state index contributed by atoms with van der Waals surface area (Å²) < 4.78 is 5.46. The molecule has 0 aliphatic carbocycles. The third kappa shape index (κ3) is 3.64. The molecule has 1 aliphatic heterocycles. The van der Waals surface area contributed by atoms with E-state index < -0.39 is 0 Å². The lowest BCUT2D eigenvalue weighted by Gasteiger charge is -2.14. The van der Waals surface area contributed by atoms with Crippen LogP contribution in [0.3, 0.4) is 0 Å². The van der Waals surface area contributed by atoms with E-state index in [9.17, 15) is 4.79 Å². The number of rotatable bonds is 5. The summed E-state index contributed by atoms with van der Waals surface area (Å²) in [4.78, 5) is 11.9. The van der Waals surface area contributed by atoms with Crippen LogP contribution in [0.15, 0.2) is 12.1 Å². The fourth-order valence-electron chi connectivity index (χ4n) is 2.09. The van der Waals surface area contributed by atoms with E-state index in [1.165, 1.54) is 0 Å². The maximum Gasteiger partial charge on any atom is 0.271 e. The minimum atomic E-state index is -0.186. The van der Waals surface area contributed by atoms with Gasteiger partial charge in [-0.1, -0.05) is 0 Å². The molecule has 1 saturated heterocycles. The average Bonchev–Trinajstić information content (AvgIpc) is 2.83. The Kier molecular flexibility index (Phi) is 4.68. The Morgan fingerprint density at radius 2 is 2.32 bits per heavy atom. The number of hydrogen-bond acceptors (Lipinski definition) is 5. The first-order valence-electron chi connectivity index (χ1n) is 6.68. The van der Waals surface area contributed by atoms with Gasteiger partial charge in [-0.25, -0.2) is 0 Å². The van der Waals surface area contributed by atoms with Crippen molar-refractivity contribution >= 4 is 11.7 Å². The zero-order valence-electron chi connectivity index (χ0n) is 11.3. The molecule has 2 atom stereocenters. The molecule has 104 valence electrons. The molecule has 1 fully saturated rings. The number of hydrogen-bond donors (Lipinski definition) is 2. The first kappa shape index (κ1) is 13.7. The Balaban J connectivity index is 1.85. The summed E-state index contributed by atoms with van der Waals surface area (Å²) >= 11 is 0. The third-order valence-electron chi connectivity index (χ3n) is 3.31. The van der Waals surface area contributed by atoms with Crippen LogP contribution in [0.4, 0.5) is 5.82 Å². The zero-order valence-corrected chi connectivity index (χ0v) is 11.3. The fourth-order valence-corrected chi connectivity index (χ4v) is 2.09. The van der Waals surface area contributed by atoms with Crippen LogP contribution < -0.4 is 10.6 Å². The monoisotopic (exact) mass is 264 g/mol. The first-order chi connectivity index (χ1) is 9.20. The molecule has 19 heavy (non-hydrogen) atoms. The highest BCUT2D eigenvalue weighted by atomic mass is 16.5. The molecule has 0 aromatic carbocycles. The molecular formula is C13H20N4O2. The molecule has 0 bridgehead atoms. The second kappa shape index (κ2) is 6.47. The number of ether oxygens (including phenoxy) is 1. The van der Waals surface area contributed by atoms with Crippen LogP contribution in [0, 0.1) is 5.92 Å². The van der Waals surface area contributed by atoms with Crippen molar-refractivity contribution in [3.63, 3.8) is 0 Å². The van der Waals surface area contributed by atoms with Crippen LogP contribution in [-0.2, 0) is 4.74 Å². The van der Waals surface area contributed by atoms with Gasteiger partial charge in [0, 0.05) is 25.6 Å². The van der Waals surface area contributed by atoms with Gasteiger partial charge < -0.3 is 15.4 Å². The molecule has 2 rings (SSSR count). The molecular weight excluding hydrogens is 244 g/mol. The maximum absolute atomic E-state index is 11.9. The largest absolute Gasteiger partial charge is 0.378 e. The number of carbonyl (C=O) groups is 1. The summed E-state index contributed by atoms with van der Waals surface area (Å²) in [6.07, 6.45) is 1.20. The van der Waals surface area contributed by atoms with Crippen LogP contribution in [0.25, 0.3) is 0 Å². The molecule has 1 aromatic heterocycles. The lowest BCUT2D eigenvalue weighted by atomic mass is 10.0. The summed E-state index contributed by atoms with van der Waals surface area (Å²) in [6.45, 7) is 6.19. The van der Waals surface area contributed by atoms with Gasteiger partial charge >= 0.3 is 0 Å². The predicted molar refractivity (Wildman–Crippen MR) is 72.0 cm³/mol. The number of nitrogens with zero attached hydrogens (tertiary/aromatic N) is 2. The average molecular weight is 264 g/mol. The number of anilines is 1. The molecule has 1 aromatic rings. The van der Waals surface area contributed by atoms with E-state index in [1.54, 1.807) is 12.1 Å². The molecule has 2 heterocycles. The van der Waals surface area contributed by atoms with Gasteiger partial charge in [0.25, 0.3) is 5.91 Å². The van der Waals surface area contributed by atoms with E-state index in [2.05, 4.69) is 20.8 Å². The molecule has 1 aliphatic rings. The molecule has 0 radical (unpaired) electrons. The Bertz CT molecular complexity index is 421. The second-order valence-electron chi connectivity index (χ2n) is 4.67. The van der Waals surface area contributed by atoms with Crippen molar-refractivity contribution in [2.75, 3.05) is 25.0 Å². The molecule has 6 heteroatoms. The number of carbonyl (C=O) groups excluding carboxylic acids is 1. The van der Waals surface area contributed by atoms with E-state index in [4.69, 9.17) is 4.74 Å². The maximum atomic E-state index is 11.9. The van der Waals surface area contributed by atoms with E-state index >= 15 is 0 Å². The summed E-state index contributed by atoms with van der Waals surface area (Å²) in [5, 5.41) is 13.8. The van der Waals surface area contributed by atoms with Crippen LogP contribution >= 0.6 is 0 Å². The van der Waals surface area contributed by atoms with Crippen LogP contribution in [0.1, 0.15) is 30.8 Å². The predicted octanol–water partition coefficient (Wildman–Crippen LogP) is 1.06. The third-order valence-corrected chi connectivity index (χ3v) is 3.31. The highest BCUT2D eigenvalue weighted by Gasteiger charge is 2.24. The van der Waals surface area contributed by atoms with Gasteiger partial charge in [-0.05, 0) is 32.4 Å². The lowest BCUT2D eigenvalue weighted by Crippen LogP contribution is -2.32. The fraction of sp³-hybridized carbons (Fsp3) is 0.615. The SMILES string of the molecule is CCNc1ccc(C(=O)NCC2CCOC2C)nn1. The quantitative estimate of drug-likeness (QED) is 0.831. The van der Waals surface area contributed by atoms with Crippen molar-refractivity contribution in [1.29, 1.82) is 0 Å². The molecule has 1 amide bonds. The topological polar surface area (TPSA) is 76.1 Å². The Morgan fingerprint density at radius 1 is 1.47 bits per heavy atom. The van der Waals surface area contributed by atoms with Gasteiger partial charge in [0.15, 0.2) is 5.69 Å². The normalized spacial score (nSPS) is 22.2. The van der Waals surface area contributed by atoms with Gasteiger partial charge in [-0.2, -0.15) is 0 Å². The van der Waals surface area contributed by atoms with Gasteiger partial charge in [0.05, 0.1) is 6.10 Å². The Morgan fingerprint density at radius 3 is 2.89 bits per heavy atom. The van der Waals surface area contributed by atoms with Crippen molar-refractivity contribution < 1.29 is 9.53 Å². The summed E-state index contributed by atoms with van der Waals surface area (Å²) in [5.74, 6) is 0.879. The zero-order chi connectivity index (χ0) is 13.7. The van der Waals surface area contributed by atoms with Crippen molar-refractivity contribution in [3.8, 4) is 0 Å². The summed E-state index contributed by atoms with van der Waals surface area (Å²) in [7, 11) is 0. The van der Waals surface area contributed by atoms with Crippen molar-refractivity contribution in [3.05, 3.63) is 17.8 Å².